The minimum absolute atomic E-state index is 0.286. The van der Waals surface area contributed by atoms with Gasteiger partial charge in [0, 0.05) is 10.2 Å². The van der Waals surface area contributed by atoms with E-state index in [-0.39, 0.29) is 11.0 Å². The normalized spacial score (nSPS) is 9.73. The molecule has 0 heterocycles. The maximum atomic E-state index is 12.2. The van der Waals surface area contributed by atoms with Crippen LogP contribution in [0, 0.1) is 0 Å². The first-order valence-electron chi connectivity index (χ1n) is 6.36. The molecule has 7 heteroatoms. The van der Waals surface area contributed by atoms with Gasteiger partial charge < -0.3 is 10.1 Å². The van der Waals surface area contributed by atoms with E-state index in [1.54, 1.807) is 18.2 Å². The second kappa shape index (κ2) is 7.77. The highest BCUT2D eigenvalue weighted by Gasteiger charge is 2.12. The van der Waals surface area contributed by atoms with Crippen LogP contribution >= 0.6 is 28.1 Å². The number of benzene rings is 2. The standard InChI is InChI=1S/C15H14BrN3O2S/c1-21-13-8-7-10(16)9-12(13)14(20)18-19-15(22)17-11-5-3-2-4-6-11/h2-9H,1H3,(H,18,20)(H2,17,19,22). The molecule has 0 fully saturated rings. The van der Waals surface area contributed by atoms with Crippen LogP contribution < -0.4 is 20.9 Å². The highest BCUT2D eigenvalue weighted by molar-refractivity contribution is 9.10. The predicted octanol–water partition coefficient (Wildman–Crippen LogP) is 3.09. The Morgan fingerprint density at radius 3 is 2.55 bits per heavy atom. The van der Waals surface area contributed by atoms with E-state index in [2.05, 4.69) is 32.1 Å². The van der Waals surface area contributed by atoms with Crippen molar-refractivity contribution in [1.29, 1.82) is 0 Å². The van der Waals surface area contributed by atoms with E-state index in [9.17, 15) is 4.79 Å². The van der Waals surface area contributed by atoms with Gasteiger partial charge >= 0.3 is 0 Å². The zero-order valence-corrected chi connectivity index (χ0v) is 14.1. The van der Waals surface area contributed by atoms with Gasteiger partial charge in [0.15, 0.2) is 5.11 Å². The summed E-state index contributed by atoms with van der Waals surface area (Å²) in [5.41, 5.74) is 6.40. The number of hydrogen-bond donors (Lipinski definition) is 3. The van der Waals surface area contributed by atoms with Crippen LogP contribution in [0.1, 0.15) is 10.4 Å². The lowest BCUT2D eigenvalue weighted by Crippen LogP contribution is -2.43. The number of ether oxygens (including phenoxy) is 1. The topological polar surface area (TPSA) is 62.4 Å². The summed E-state index contributed by atoms with van der Waals surface area (Å²) in [4.78, 5) is 12.2. The first-order chi connectivity index (χ1) is 10.6. The smallest absolute Gasteiger partial charge is 0.273 e. The molecule has 0 spiro atoms. The zero-order chi connectivity index (χ0) is 15.9. The molecular formula is C15H14BrN3O2S. The Hall–Kier alpha value is -2.12. The minimum atomic E-state index is -0.352. The van der Waals surface area contributed by atoms with E-state index in [1.165, 1.54) is 7.11 Å². The van der Waals surface area contributed by atoms with Gasteiger partial charge in [0.2, 0.25) is 0 Å². The van der Waals surface area contributed by atoms with Crippen LogP contribution in [0.15, 0.2) is 53.0 Å². The van der Waals surface area contributed by atoms with E-state index >= 15 is 0 Å². The monoisotopic (exact) mass is 379 g/mol. The molecule has 0 saturated heterocycles. The van der Waals surface area contributed by atoms with Crippen molar-refractivity contribution in [2.45, 2.75) is 0 Å². The Kier molecular flexibility index (Phi) is 5.74. The first kappa shape index (κ1) is 16.3. The number of carbonyl (C=O) groups is 1. The lowest BCUT2D eigenvalue weighted by atomic mass is 10.2. The van der Waals surface area contributed by atoms with Gasteiger partial charge in [-0.25, -0.2) is 0 Å². The third kappa shape index (κ3) is 4.44. The summed E-state index contributed by atoms with van der Waals surface area (Å²) in [7, 11) is 1.51. The number of para-hydroxylation sites is 1. The van der Waals surface area contributed by atoms with Crippen molar-refractivity contribution >= 4 is 44.9 Å². The molecule has 1 amide bonds. The molecule has 2 aromatic carbocycles. The summed E-state index contributed by atoms with van der Waals surface area (Å²) in [6.07, 6.45) is 0. The average molecular weight is 380 g/mol. The van der Waals surface area contributed by atoms with Crippen molar-refractivity contribution < 1.29 is 9.53 Å². The van der Waals surface area contributed by atoms with Gasteiger partial charge in [0.25, 0.3) is 5.91 Å². The molecular weight excluding hydrogens is 366 g/mol. The Bertz CT molecular complexity index is 680. The third-order valence-corrected chi connectivity index (χ3v) is 3.42. The van der Waals surface area contributed by atoms with Crippen molar-refractivity contribution in [2.24, 2.45) is 0 Å². The van der Waals surface area contributed by atoms with Crippen LogP contribution in [0.25, 0.3) is 0 Å². The Morgan fingerprint density at radius 1 is 1.14 bits per heavy atom. The summed E-state index contributed by atoms with van der Waals surface area (Å²) in [6.45, 7) is 0. The number of hydrogen-bond acceptors (Lipinski definition) is 3. The maximum absolute atomic E-state index is 12.2. The number of thiocarbonyl (C=S) groups is 1. The Labute approximate surface area is 142 Å². The molecule has 2 rings (SSSR count). The molecule has 0 saturated carbocycles. The fourth-order valence-electron chi connectivity index (χ4n) is 1.72. The second-order valence-corrected chi connectivity index (χ2v) is 5.57. The molecule has 0 unspecified atom stereocenters. The third-order valence-electron chi connectivity index (χ3n) is 2.73. The number of hydrazine groups is 1. The van der Waals surface area contributed by atoms with Gasteiger partial charge in [-0.1, -0.05) is 34.1 Å². The van der Waals surface area contributed by atoms with E-state index < -0.39 is 0 Å². The molecule has 0 aromatic heterocycles. The van der Waals surface area contributed by atoms with Gasteiger partial charge in [-0.05, 0) is 42.5 Å². The molecule has 2 aromatic rings. The molecule has 0 aliphatic rings. The van der Waals surface area contributed by atoms with Crippen LogP contribution in [0.2, 0.25) is 0 Å². The van der Waals surface area contributed by atoms with Gasteiger partial charge in [-0.15, -0.1) is 0 Å². The Balaban J connectivity index is 1.95. The number of halogens is 1. The minimum Gasteiger partial charge on any atom is -0.496 e. The van der Waals surface area contributed by atoms with Crippen LogP contribution in [0.5, 0.6) is 5.75 Å². The summed E-state index contributed by atoms with van der Waals surface area (Å²) < 4.78 is 5.95. The fourth-order valence-corrected chi connectivity index (χ4v) is 2.25. The van der Waals surface area contributed by atoms with Crippen molar-refractivity contribution in [3.8, 4) is 5.75 Å². The lowest BCUT2D eigenvalue weighted by molar-refractivity contribution is 0.0941. The summed E-state index contributed by atoms with van der Waals surface area (Å²) in [5, 5.41) is 3.24. The Morgan fingerprint density at radius 2 is 1.86 bits per heavy atom. The van der Waals surface area contributed by atoms with E-state index in [4.69, 9.17) is 17.0 Å². The molecule has 0 atom stereocenters. The summed E-state index contributed by atoms with van der Waals surface area (Å²) in [6, 6.07) is 14.6. The molecule has 5 nitrogen and oxygen atoms in total. The number of anilines is 1. The number of carbonyl (C=O) groups excluding carboxylic acids is 1. The van der Waals surface area contributed by atoms with Gasteiger partial charge in [0.05, 0.1) is 12.7 Å². The van der Waals surface area contributed by atoms with Crippen LogP contribution in [0.3, 0.4) is 0 Å². The SMILES string of the molecule is COc1ccc(Br)cc1C(=O)NNC(=S)Nc1ccccc1. The number of nitrogens with one attached hydrogen (secondary N) is 3. The van der Waals surface area contributed by atoms with Gasteiger partial charge in [0.1, 0.15) is 5.75 Å². The van der Waals surface area contributed by atoms with Crippen LogP contribution in [-0.4, -0.2) is 18.1 Å². The van der Waals surface area contributed by atoms with Crippen LogP contribution in [-0.2, 0) is 0 Å². The fraction of sp³-hybridized carbons (Fsp3) is 0.0667. The van der Waals surface area contributed by atoms with E-state index in [1.807, 2.05) is 30.3 Å². The molecule has 0 aliphatic carbocycles. The molecule has 0 aliphatic heterocycles. The highest BCUT2D eigenvalue weighted by atomic mass is 79.9. The number of rotatable bonds is 3. The summed E-state index contributed by atoms with van der Waals surface area (Å²) >= 11 is 8.44. The van der Waals surface area contributed by atoms with E-state index in [0.717, 1.165) is 10.2 Å². The maximum Gasteiger partial charge on any atom is 0.273 e. The molecule has 3 N–H and O–H groups in total. The molecule has 0 radical (unpaired) electrons. The van der Waals surface area contributed by atoms with Crippen molar-refractivity contribution in [3.05, 3.63) is 58.6 Å². The quantitative estimate of drug-likeness (QED) is 0.564. The number of methoxy groups -OCH3 is 1. The first-order valence-corrected chi connectivity index (χ1v) is 7.56. The molecule has 22 heavy (non-hydrogen) atoms. The van der Waals surface area contributed by atoms with E-state index in [0.29, 0.717) is 11.3 Å². The second-order valence-electron chi connectivity index (χ2n) is 4.24. The summed E-state index contributed by atoms with van der Waals surface area (Å²) in [5.74, 6) is 0.125. The molecule has 114 valence electrons. The van der Waals surface area contributed by atoms with Gasteiger partial charge in [-0.2, -0.15) is 0 Å². The van der Waals surface area contributed by atoms with Crippen molar-refractivity contribution in [1.82, 2.24) is 10.9 Å². The van der Waals surface area contributed by atoms with Crippen LogP contribution in [0.4, 0.5) is 5.69 Å². The van der Waals surface area contributed by atoms with Crippen molar-refractivity contribution in [2.75, 3.05) is 12.4 Å². The zero-order valence-electron chi connectivity index (χ0n) is 11.7. The largest absolute Gasteiger partial charge is 0.496 e. The average Bonchev–Trinajstić information content (AvgIpc) is 2.53. The molecule has 0 bridgehead atoms. The predicted molar refractivity (Wildman–Crippen MR) is 94.0 cm³/mol. The highest BCUT2D eigenvalue weighted by Crippen LogP contribution is 2.22. The lowest BCUT2D eigenvalue weighted by Gasteiger charge is -2.13. The van der Waals surface area contributed by atoms with Crippen molar-refractivity contribution in [3.63, 3.8) is 0 Å². The number of amides is 1. The van der Waals surface area contributed by atoms with Gasteiger partial charge in [-0.3, -0.25) is 15.6 Å².